The number of fused-ring (bicyclic) bond motifs is 1. The molecule has 0 amide bonds. The van der Waals surface area contributed by atoms with Crippen LogP contribution in [-0.4, -0.2) is 13.9 Å². The fraction of sp³-hybridized carbons (Fsp3) is 0.414. The zero-order valence-corrected chi connectivity index (χ0v) is 21.5. The topological polar surface area (TPSA) is 17.1 Å². The van der Waals surface area contributed by atoms with E-state index in [0.717, 1.165) is 23.8 Å². The van der Waals surface area contributed by atoms with Crippen molar-refractivity contribution in [2.24, 2.45) is 16.7 Å². The summed E-state index contributed by atoms with van der Waals surface area (Å²) in [6, 6.07) is 27.7. The summed E-state index contributed by atoms with van der Waals surface area (Å²) in [6.45, 7) is 9.78. The largest absolute Gasteiger partial charge is 0.293 e. The molecule has 3 saturated carbocycles. The molecule has 3 heteroatoms. The van der Waals surface area contributed by atoms with Crippen molar-refractivity contribution < 1.29 is 4.79 Å². The molecule has 0 N–H and O–H groups in total. The number of ketones is 1. The predicted molar refractivity (Wildman–Crippen MR) is 139 cm³/mol. The van der Waals surface area contributed by atoms with Gasteiger partial charge in [-0.2, -0.15) is 0 Å². The Balaban J connectivity index is 1.68. The number of Topliss-reactive ketones (excluding diaryl/α,β-unsaturated/α-hetero) is 1. The van der Waals surface area contributed by atoms with Gasteiger partial charge >= 0.3 is 0 Å². The van der Waals surface area contributed by atoms with Gasteiger partial charge in [-0.15, -0.1) is 11.3 Å². The Morgan fingerprint density at radius 2 is 1.47 bits per heavy atom. The van der Waals surface area contributed by atoms with Crippen LogP contribution in [0.1, 0.15) is 56.6 Å². The highest BCUT2D eigenvalue weighted by molar-refractivity contribution is 7.12. The fourth-order valence-corrected chi connectivity index (χ4v) is 14.2. The summed E-state index contributed by atoms with van der Waals surface area (Å²) in [7, 11) is -2.23. The number of thiophene rings is 1. The van der Waals surface area contributed by atoms with Gasteiger partial charge in [0, 0.05) is 5.41 Å². The van der Waals surface area contributed by atoms with E-state index in [9.17, 15) is 4.79 Å². The van der Waals surface area contributed by atoms with Gasteiger partial charge in [0.1, 0.15) is 8.07 Å². The van der Waals surface area contributed by atoms with Crippen molar-refractivity contribution >= 4 is 35.6 Å². The van der Waals surface area contributed by atoms with E-state index in [-0.39, 0.29) is 15.9 Å². The monoisotopic (exact) mass is 458 g/mol. The summed E-state index contributed by atoms with van der Waals surface area (Å²) in [6.07, 6.45) is 3.35. The van der Waals surface area contributed by atoms with E-state index in [2.05, 4.69) is 93.7 Å². The van der Waals surface area contributed by atoms with Gasteiger partial charge in [0.2, 0.25) is 0 Å². The molecule has 3 aliphatic rings. The fourth-order valence-electron chi connectivity index (χ4n) is 7.27. The van der Waals surface area contributed by atoms with Crippen molar-refractivity contribution in [1.29, 1.82) is 0 Å². The van der Waals surface area contributed by atoms with Crippen molar-refractivity contribution in [3.8, 4) is 0 Å². The molecule has 0 spiro atoms. The Labute approximate surface area is 197 Å². The van der Waals surface area contributed by atoms with Crippen LogP contribution < -0.4 is 10.4 Å². The Morgan fingerprint density at radius 3 is 1.94 bits per heavy atom. The van der Waals surface area contributed by atoms with Crippen molar-refractivity contribution in [3.63, 3.8) is 0 Å². The van der Waals surface area contributed by atoms with Gasteiger partial charge < -0.3 is 0 Å². The molecule has 0 saturated heterocycles. The van der Waals surface area contributed by atoms with Gasteiger partial charge in [-0.1, -0.05) is 105 Å². The molecule has 166 valence electrons. The number of carbonyl (C=O) groups is 1. The smallest absolute Gasteiger partial charge is 0.179 e. The summed E-state index contributed by atoms with van der Waals surface area (Å²) in [5.41, 5.74) is -0.153. The third-order valence-corrected chi connectivity index (χ3v) is 16.2. The van der Waals surface area contributed by atoms with E-state index in [1.165, 1.54) is 16.8 Å². The molecule has 1 aromatic heterocycles. The van der Waals surface area contributed by atoms with Crippen LogP contribution in [0, 0.1) is 16.7 Å². The molecule has 6 rings (SSSR count). The minimum atomic E-state index is -2.23. The molecule has 3 fully saturated rings. The molecular weight excluding hydrogens is 424 g/mol. The highest BCUT2D eigenvalue weighted by Gasteiger charge is 2.69. The molecule has 0 aliphatic heterocycles. The lowest BCUT2D eigenvalue weighted by Crippen LogP contribution is -2.67. The molecule has 0 unspecified atom stereocenters. The van der Waals surface area contributed by atoms with Crippen LogP contribution in [0.4, 0.5) is 0 Å². The molecule has 2 aromatic carbocycles. The van der Waals surface area contributed by atoms with Crippen molar-refractivity contribution in [1.82, 2.24) is 0 Å². The van der Waals surface area contributed by atoms with Crippen molar-refractivity contribution in [3.05, 3.63) is 83.1 Å². The highest BCUT2D eigenvalue weighted by Crippen LogP contribution is 2.72. The maximum atomic E-state index is 13.9. The van der Waals surface area contributed by atoms with E-state index in [1.807, 2.05) is 12.1 Å². The van der Waals surface area contributed by atoms with Crippen molar-refractivity contribution in [2.75, 3.05) is 0 Å². The number of carbonyl (C=O) groups excluding carboxylic acids is 1. The predicted octanol–water partition coefficient (Wildman–Crippen LogP) is 6.80. The van der Waals surface area contributed by atoms with E-state index in [4.69, 9.17) is 0 Å². The van der Waals surface area contributed by atoms with Crippen molar-refractivity contribution in [2.45, 2.75) is 58.0 Å². The zero-order valence-electron chi connectivity index (χ0n) is 19.7. The zero-order chi connectivity index (χ0) is 22.6. The summed E-state index contributed by atoms with van der Waals surface area (Å²) in [4.78, 5) is 14.9. The first-order valence-corrected chi connectivity index (χ1v) is 15.0. The molecule has 1 atom stereocenters. The first kappa shape index (κ1) is 21.9. The standard InChI is InChI=1S/C29H34OSSi/c1-27(2,3)32(23-12-7-5-8-13-23,24-14-9-6-10-15-24)21-28(4)18-22-19-29(28,20-22)26(30)25-16-11-17-31-25/h5-17,22H,18-21H2,1-4H3/t22?,28-,29?/m0/s1. The maximum Gasteiger partial charge on any atom is 0.179 e. The number of rotatable bonds is 6. The molecule has 1 nitrogen and oxygen atoms in total. The van der Waals surface area contributed by atoms with Crippen LogP contribution >= 0.6 is 11.3 Å². The van der Waals surface area contributed by atoms with Crippen LogP contribution in [-0.2, 0) is 0 Å². The summed E-state index contributed by atoms with van der Waals surface area (Å²) in [5.74, 6) is 1.13. The first-order chi connectivity index (χ1) is 15.2. The first-order valence-electron chi connectivity index (χ1n) is 11.9. The van der Waals surface area contributed by atoms with Gasteiger partial charge in [0.15, 0.2) is 5.78 Å². The Kier molecular flexibility index (Phi) is 5.14. The molecule has 3 aliphatic carbocycles. The van der Waals surface area contributed by atoms with Crippen LogP contribution in [0.5, 0.6) is 0 Å². The average molecular weight is 459 g/mol. The Hall–Kier alpha value is -1.97. The molecule has 0 radical (unpaired) electrons. The van der Waals surface area contributed by atoms with Crippen LogP contribution in [0.15, 0.2) is 78.2 Å². The third kappa shape index (κ3) is 3.04. The maximum absolute atomic E-state index is 13.9. The average Bonchev–Trinajstić information content (AvgIpc) is 3.45. The second-order valence-electron chi connectivity index (χ2n) is 11.5. The highest BCUT2D eigenvalue weighted by atomic mass is 32.1. The van der Waals surface area contributed by atoms with E-state index in [0.29, 0.717) is 11.7 Å². The lowest BCUT2D eigenvalue weighted by Gasteiger charge is -2.53. The normalized spacial score (nSPS) is 27.2. The number of hydrogen-bond acceptors (Lipinski definition) is 2. The van der Waals surface area contributed by atoms with E-state index < -0.39 is 8.07 Å². The molecular formula is C29H34OSSi. The van der Waals surface area contributed by atoms with E-state index in [1.54, 1.807) is 11.3 Å². The van der Waals surface area contributed by atoms with Gasteiger partial charge in [-0.05, 0) is 53.1 Å². The van der Waals surface area contributed by atoms with Gasteiger partial charge in [0.25, 0.3) is 0 Å². The van der Waals surface area contributed by atoms with Crippen LogP contribution in [0.3, 0.4) is 0 Å². The SMILES string of the molecule is CC(C)(C)[Si](C[C@]1(C)CC2CC1(C(=O)c1cccs1)C2)(c1ccccc1)c1ccccc1. The second kappa shape index (κ2) is 7.53. The second-order valence-corrected chi connectivity index (χ2v) is 17.3. The van der Waals surface area contributed by atoms with Crippen LogP contribution in [0.2, 0.25) is 11.1 Å². The minimum absolute atomic E-state index is 0.0317. The summed E-state index contributed by atoms with van der Waals surface area (Å²) >= 11 is 1.62. The number of benzene rings is 2. The van der Waals surface area contributed by atoms with Gasteiger partial charge in [-0.25, -0.2) is 0 Å². The summed E-state index contributed by atoms with van der Waals surface area (Å²) < 4.78 is 0. The van der Waals surface area contributed by atoms with Crippen LogP contribution in [0.25, 0.3) is 0 Å². The molecule has 32 heavy (non-hydrogen) atoms. The lowest BCUT2D eigenvalue weighted by molar-refractivity contribution is 0.0392. The van der Waals surface area contributed by atoms with E-state index >= 15 is 0 Å². The Morgan fingerprint density at radius 1 is 0.906 bits per heavy atom. The minimum Gasteiger partial charge on any atom is -0.293 e. The lowest BCUT2D eigenvalue weighted by atomic mass is 9.59. The van der Waals surface area contributed by atoms with Gasteiger partial charge in [-0.3, -0.25) is 4.79 Å². The number of hydrogen-bond donors (Lipinski definition) is 0. The Bertz CT molecular complexity index is 1050. The molecule has 2 bridgehead atoms. The van der Waals surface area contributed by atoms with Gasteiger partial charge in [0.05, 0.1) is 4.88 Å². The molecule has 1 heterocycles. The molecule has 3 aromatic rings. The quantitative estimate of drug-likeness (QED) is 0.293. The summed E-state index contributed by atoms with van der Waals surface area (Å²) in [5, 5.41) is 5.18. The third-order valence-electron chi connectivity index (χ3n) is 8.82.